The number of sulfonamides is 1. The Kier molecular flexibility index (Phi) is 4.26. The fourth-order valence-corrected chi connectivity index (χ4v) is 8.22. The molecule has 0 aromatic carbocycles. The van der Waals surface area contributed by atoms with Gasteiger partial charge in [-0.15, -0.1) is 0 Å². The molecule has 2 atom stereocenters. The summed E-state index contributed by atoms with van der Waals surface area (Å²) >= 11 is 0. The molecule has 25 heavy (non-hydrogen) atoms. The van der Waals surface area contributed by atoms with Gasteiger partial charge >= 0.3 is 0 Å². The fourth-order valence-electron chi connectivity index (χ4n) is 6.13. The molecule has 1 heterocycles. The Bertz CT molecular complexity index is 665. The first-order chi connectivity index (χ1) is 11.2. The molecule has 3 fully saturated rings. The lowest BCUT2D eigenvalue weighted by atomic mass is 9.70. The molecule has 3 aliphatic rings. The van der Waals surface area contributed by atoms with E-state index in [1.165, 1.54) is 0 Å². The van der Waals surface area contributed by atoms with Crippen LogP contribution in [0.1, 0.15) is 73.6 Å². The Morgan fingerprint density at radius 2 is 1.64 bits per heavy atom. The zero-order valence-corrected chi connectivity index (χ0v) is 17.3. The number of Topliss-reactive ketones (excluding diaryl/α,β-unsaturated/α-hetero) is 1. The number of carbonyl (C=O) groups excluding carboxylic acids is 1. The van der Waals surface area contributed by atoms with Crippen LogP contribution in [0, 0.1) is 16.7 Å². The Balaban J connectivity index is 1.78. The second kappa shape index (κ2) is 5.52. The fraction of sp³-hybridized carbons (Fsp3) is 0.947. The summed E-state index contributed by atoms with van der Waals surface area (Å²) in [5, 5.41) is 3.58. The van der Waals surface area contributed by atoms with Crippen LogP contribution >= 0.6 is 0 Å². The Morgan fingerprint density at radius 3 is 2.08 bits per heavy atom. The Morgan fingerprint density at radius 1 is 1.08 bits per heavy atom. The smallest absolute Gasteiger partial charge is 0.212 e. The van der Waals surface area contributed by atoms with Gasteiger partial charge in [-0.2, -0.15) is 0 Å². The molecule has 3 rings (SSSR count). The van der Waals surface area contributed by atoms with Crippen molar-refractivity contribution in [3.8, 4) is 0 Å². The lowest BCUT2D eigenvalue weighted by Gasteiger charge is -2.46. The predicted molar refractivity (Wildman–Crippen MR) is 99.8 cm³/mol. The number of rotatable bonds is 4. The molecule has 6 heteroatoms. The van der Waals surface area contributed by atoms with Crippen LogP contribution in [-0.4, -0.2) is 37.1 Å². The largest absolute Gasteiger partial charge is 0.307 e. The average molecular weight is 371 g/mol. The summed E-state index contributed by atoms with van der Waals surface area (Å²) in [6.45, 7) is 12.6. The third-order valence-electron chi connectivity index (χ3n) is 7.11. The first kappa shape index (κ1) is 19.3. The average Bonchev–Trinajstić information content (AvgIpc) is 2.67. The van der Waals surface area contributed by atoms with E-state index >= 15 is 0 Å². The zero-order chi connectivity index (χ0) is 18.9. The van der Waals surface area contributed by atoms with Crippen molar-refractivity contribution in [2.24, 2.45) is 16.7 Å². The van der Waals surface area contributed by atoms with Crippen LogP contribution in [0.3, 0.4) is 0 Å². The van der Waals surface area contributed by atoms with Crippen molar-refractivity contribution in [2.45, 2.75) is 90.8 Å². The molecule has 2 aliphatic carbocycles. The van der Waals surface area contributed by atoms with Crippen molar-refractivity contribution in [2.75, 3.05) is 5.75 Å². The van der Waals surface area contributed by atoms with Gasteiger partial charge in [0.2, 0.25) is 10.0 Å². The van der Waals surface area contributed by atoms with Crippen LogP contribution in [0.2, 0.25) is 0 Å². The molecule has 0 spiro atoms. The Labute approximate surface area is 152 Å². The van der Waals surface area contributed by atoms with E-state index in [2.05, 4.69) is 51.6 Å². The SMILES string of the molecule is CC1(C)CC(NS(=O)(=O)C[C@]23CC[C@H](CC2=O)C3(C)C)CC(C)(C)N1. The highest BCUT2D eigenvalue weighted by Gasteiger charge is 2.65. The standard InChI is InChI=1S/C19H34N2O3S/c1-16(2)10-14(11-17(3,4)21-16)20-25(23,24)12-19-8-7-13(9-15(19)22)18(19,5)6/h13-14,20-21H,7-12H2,1-6H3/t13-,19-/m1/s1. The molecule has 0 aromatic heterocycles. The minimum absolute atomic E-state index is 0.0485. The number of hydrogen-bond acceptors (Lipinski definition) is 4. The predicted octanol–water partition coefficient (Wildman–Crippen LogP) is 2.61. The molecular weight excluding hydrogens is 336 g/mol. The van der Waals surface area contributed by atoms with E-state index < -0.39 is 15.4 Å². The summed E-state index contributed by atoms with van der Waals surface area (Å²) in [4.78, 5) is 12.6. The van der Waals surface area contributed by atoms with Gasteiger partial charge in [-0.1, -0.05) is 13.8 Å². The van der Waals surface area contributed by atoms with E-state index in [1.54, 1.807) is 0 Å². The summed E-state index contributed by atoms with van der Waals surface area (Å²) in [7, 11) is -3.51. The number of ketones is 1. The lowest BCUT2D eigenvalue weighted by molar-refractivity contribution is -0.128. The van der Waals surface area contributed by atoms with E-state index in [-0.39, 0.29) is 34.1 Å². The van der Waals surface area contributed by atoms with E-state index in [0.29, 0.717) is 18.8 Å². The highest BCUT2D eigenvalue weighted by atomic mass is 32.2. The first-order valence-electron chi connectivity index (χ1n) is 9.51. The highest BCUT2D eigenvalue weighted by Crippen LogP contribution is 2.64. The topological polar surface area (TPSA) is 75.3 Å². The van der Waals surface area contributed by atoms with Crippen molar-refractivity contribution in [3.05, 3.63) is 0 Å². The summed E-state index contributed by atoms with van der Waals surface area (Å²) in [6, 6.07) is -0.0931. The number of piperidine rings is 1. The molecule has 1 aliphatic heterocycles. The highest BCUT2D eigenvalue weighted by molar-refractivity contribution is 7.89. The van der Waals surface area contributed by atoms with Crippen LogP contribution in [0.5, 0.6) is 0 Å². The summed E-state index contributed by atoms with van der Waals surface area (Å²) in [5.41, 5.74) is -1.14. The van der Waals surface area contributed by atoms with Gasteiger partial charge in [0.15, 0.2) is 0 Å². The van der Waals surface area contributed by atoms with Gasteiger partial charge in [0, 0.05) is 29.0 Å². The van der Waals surface area contributed by atoms with Crippen LogP contribution < -0.4 is 10.0 Å². The van der Waals surface area contributed by atoms with Crippen LogP contribution in [0.4, 0.5) is 0 Å². The molecule has 0 aromatic rings. The molecule has 0 unspecified atom stereocenters. The second-order valence-electron chi connectivity index (χ2n) is 10.5. The summed E-state index contributed by atoms with van der Waals surface area (Å²) < 4.78 is 29.0. The van der Waals surface area contributed by atoms with E-state index in [4.69, 9.17) is 0 Å². The summed E-state index contributed by atoms with van der Waals surface area (Å²) in [5.74, 6) is 0.449. The third kappa shape index (κ3) is 3.30. The first-order valence-corrected chi connectivity index (χ1v) is 11.2. The van der Waals surface area contributed by atoms with Gasteiger partial charge in [-0.05, 0) is 64.7 Å². The normalized spacial score (nSPS) is 36.7. The zero-order valence-electron chi connectivity index (χ0n) is 16.5. The van der Waals surface area contributed by atoms with Crippen molar-refractivity contribution in [1.82, 2.24) is 10.0 Å². The molecule has 2 saturated carbocycles. The molecule has 0 radical (unpaired) electrons. The van der Waals surface area contributed by atoms with Gasteiger partial charge < -0.3 is 5.32 Å². The monoisotopic (exact) mass is 370 g/mol. The minimum Gasteiger partial charge on any atom is -0.307 e. The second-order valence-corrected chi connectivity index (χ2v) is 12.3. The van der Waals surface area contributed by atoms with E-state index in [1.807, 2.05) is 0 Å². The number of nitrogens with one attached hydrogen (secondary N) is 2. The number of hydrogen-bond donors (Lipinski definition) is 2. The van der Waals surface area contributed by atoms with Crippen molar-refractivity contribution in [1.29, 1.82) is 0 Å². The van der Waals surface area contributed by atoms with Gasteiger partial charge in [0.1, 0.15) is 5.78 Å². The van der Waals surface area contributed by atoms with Crippen molar-refractivity contribution >= 4 is 15.8 Å². The quantitative estimate of drug-likeness (QED) is 0.798. The van der Waals surface area contributed by atoms with Crippen LogP contribution in [-0.2, 0) is 14.8 Å². The number of carbonyl (C=O) groups is 1. The van der Waals surface area contributed by atoms with Crippen LogP contribution in [0.25, 0.3) is 0 Å². The lowest BCUT2D eigenvalue weighted by Crippen LogP contribution is -2.62. The molecule has 2 N–H and O–H groups in total. The van der Waals surface area contributed by atoms with Crippen molar-refractivity contribution in [3.63, 3.8) is 0 Å². The maximum Gasteiger partial charge on any atom is 0.212 e. The van der Waals surface area contributed by atoms with Gasteiger partial charge in [0.25, 0.3) is 0 Å². The van der Waals surface area contributed by atoms with E-state index in [9.17, 15) is 13.2 Å². The maximum absolute atomic E-state index is 13.0. The van der Waals surface area contributed by atoms with Gasteiger partial charge in [-0.3, -0.25) is 4.79 Å². The molecule has 144 valence electrons. The van der Waals surface area contributed by atoms with Gasteiger partial charge in [-0.25, -0.2) is 13.1 Å². The van der Waals surface area contributed by atoms with Crippen molar-refractivity contribution < 1.29 is 13.2 Å². The molecular formula is C19H34N2O3S. The maximum atomic E-state index is 13.0. The van der Waals surface area contributed by atoms with Gasteiger partial charge in [0.05, 0.1) is 5.75 Å². The minimum atomic E-state index is -3.51. The summed E-state index contributed by atoms with van der Waals surface area (Å²) in [6.07, 6.45) is 3.75. The Hall–Kier alpha value is -0.460. The molecule has 0 amide bonds. The molecule has 2 bridgehead atoms. The van der Waals surface area contributed by atoms with E-state index in [0.717, 1.165) is 19.3 Å². The molecule has 5 nitrogen and oxygen atoms in total. The number of fused-ring (bicyclic) bond motifs is 2. The molecule has 1 saturated heterocycles. The third-order valence-corrected chi connectivity index (χ3v) is 8.68. The van der Waals surface area contributed by atoms with Crippen LogP contribution in [0.15, 0.2) is 0 Å².